The molecular formula is C30H32N2O6. The third kappa shape index (κ3) is 6.39. The molecule has 3 unspecified atom stereocenters. The van der Waals surface area contributed by atoms with Gasteiger partial charge < -0.3 is 25.2 Å². The molecule has 1 aliphatic rings. The van der Waals surface area contributed by atoms with Crippen LogP contribution in [0.4, 0.5) is 4.79 Å². The fourth-order valence-corrected chi connectivity index (χ4v) is 4.51. The molecule has 0 bridgehead atoms. The zero-order valence-electron chi connectivity index (χ0n) is 21.4. The third-order valence-corrected chi connectivity index (χ3v) is 6.73. The molecule has 0 fully saturated rings. The number of nitrogens with one attached hydrogen (secondary N) is 2. The summed E-state index contributed by atoms with van der Waals surface area (Å²) >= 11 is 0. The standard InChI is InChI=1S/C30H32N2O6/c1-19(29(34)35)16-31-28(33)27(20(2)37-17-21-10-4-3-5-11-21)32-30(36)38-18-26-24-14-8-6-12-22(24)23-13-7-9-15-25(23)26/h3-15,19-20,26-27H,16-18H2,1-2H3,(H,31,33)(H,32,36)(H,34,35). The molecule has 3 N–H and O–H groups in total. The zero-order chi connectivity index (χ0) is 27.1. The average Bonchev–Trinajstić information content (AvgIpc) is 3.26. The van der Waals surface area contributed by atoms with Crippen LogP contribution in [0.1, 0.15) is 36.5 Å². The molecule has 0 aliphatic heterocycles. The van der Waals surface area contributed by atoms with Gasteiger partial charge in [-0.05, 0) is 34.7 Å². The number of hydrogen-bond acceptors (Lipinski definition) is 5. The first-order chi connectivity index (χ1) is 18.3. The first kappa shape index (κ1) is 26.9. The van der Waals surface area contributed by atoms with Crippen molar-refractivity contribution >= 4 is 18.0 Å². The molecular weight excluding hydrogens is 484 g/mol. The van der Waals surface area contributed by atoms with Gasteiger partial charge in [-0.3, -0.25) is 9.59 Å². The van der Waals surface area contributed by atoms with Crippen LogP contribution in [-0.4, -0.2) is 48.4 Å². The quantitative estimate of drug-likeness (QED) is 0.350. The van der Waals surface area contributed by atoms with Crippen LogP contribution >= 0.6 is 0 Å². The number of ether oxygens (including phenoxy) is 2. The molecule has 3 aromatic carbocycles. The molecule has 0 saturated heterocycles. The molecule has 1 aliphatic carbocycles. The molecule has 0 radical (unpaired) electrons. The van der Waals surface area contributed by atoms with E-state index in [0.717, 1.165) is 27.8 Å². The van der Waals surface area contributed by atoms with Crippen molar-refractivity contribution in [3.05, 3.63) is 95.6 Å². The second kappa shape index (κ2) is 12.4. The molecule has 0 heterocycles. The van der Waals surface area contributed by atoms with Crippen molar-refractivity contribution in [2.24, 2.45) is 5.92 Å². The number of fused-ring (bicyclic) bond motifs is 3. The number of hydrogen-bond donors (Lipinski definition) is 3. The minimum absolute atomic E-state index is 0.0809. The second-order valence-electron chi connectivity index (χ2n) is 9.43. The normalized spacial score (nSPS) is 14.5. The SMILES string of the molecule is CC(CNC(=O)C(NC(=O)OCC1c2ccccc2-c2ccccc21)C(C)OCc1ccccc1)C(=O)O. The number of rotatable bonds is 11. The van der Waals surface area contributed by atoms with Gasteiger partial charge in [-0.25, -0.2) is 4.79 Å². The van der Waals surface area contributed by atoms with Crippen molar-refractivity contribution in [1.29, 1.82) is 0 Å². The maximum Gasteiger partial charge on any atom is 0.407 e. The number of alkyl carbamates (subject to hydrolysis) is 1. The fraction of sp³-hybridized carbons (Fsp3) is 0.300. The molecule has 198 valence electrons. The molecule has 4 rings (SSSR count). The highest BCUT2D eigenvalue weighted by molar-refractivity contribution is 5.86. The van der Waals surface area contributed by atoms with E-state index in [1.54, 1.807) is 6.92 Å². The molecule has 0 saturated carbocycles. The topological polar surface area (TPSA) is 114 Å². The summed E-state index contributed by atoms with van der Waals surface area (Å²) in [6, 6.07) is 24.4. The first-order valence-corrected chi connectivity index (χ1v) is 12.6. The van der Waals surface area contributed by atoms with E-state index in [9.17, 15) is 14.4 Å². The van der Waals surface area contributed by atoms with E-state index in [1.165, 1.54) is 6.92 Å². The number of carbonyl (C=O) groups excluding carboxylic acids is 2. The van der Waals surface area contributed by atoms with E-state index in [0.29, 0.717) is 0 Å². The van der Waals surface area contributed by atoms with Crippen molar-refractivity contribution < 1.29 is 29.0 Å². The van der Waals surface area contributed by atoms with Gasteiger partial charge in [0, 0.05) is 12.5 Å². The minimum atomic E-state index is -1.09. The Morgan fingerprint density at radius 1 is 0.868 bits per heavy atom. The highest BCUT2D eigenvalue weighted by Crippen LogP contribution is 2.44. The fourth-order valence-electron chi connectivity index (χ4n) is 4.51. The number of benzene rings is 3. The maximum atomic E-state index is 13.0. The summed E-state index contributed by atoms with van der Waals surface area (Å²) in [5, 5.41) is 14.4. The molecule has 0 aromatic heterocycles. The summed E-state index contributed by atoms with van der Waals surface area (Å²) in [6.45, 7) is 3.43. The summed E-state index contributed by atoms with van der Waals surface area (Å²) in [5.41, 5.74) is 5.31. The van der Waals surface area contributed by atoms with Crippen LogP contribution in [0.2, 0.25) is 0 Å². The lowest BCUT2D eigenvalue weighted by Crippen LogP contribution is -2.54. The molecule has 0 spiro atoms. The van der Waals surface area contributed by atoms with E-state index in [4.69, 9.17) is 14.6 Å². The summed E-state index contributed by atoms with van der Waals surface area (Å²) in [5.74, 6) is -2.48. The summed E-state index contributed by atoms with van der Waals surface area (Å²) in [4.78, 5) is 37.1. The monoisotopic (exact) mass is 516 g/mol. The van der Waals surface area contributed by atoms with E-state index >= 15 is 0 Å². The van der Waals surface area contributed by atoms with Crippen LogP contribution < -0.4 is 10.6 Å². The van der Waals surface area contributed by atoms with Gasteiger partial charge in [-0.1, -0.05) is 85.8 Å². The molecule has 3 aromatic rings. The van der Waals surface area contributed by atoms with Gasteiger partial charge in [0.1, 0.15) is 12.6 Å². The van der Waals surface area contributed by atoms with Gasteiger partial charge >= 0.3 is 12.1 Å². The Bertz CT molecular complexity index is 1230. The number of aliphatic carboxylic acids is 1. The average molecular weight is 517 g/mol. The molecule has 8 heteroatoms. The summed E-state index contributed by atoms with van der Waals surface area (Å²) < 4.78 is 11.5. The summed E-state index contributed by atoms with van der Waals surface area (Å²) in [6.07, 6.45) is -1.47. The second-order valence-corrected chi connectivity index (χ2v) is 9.43. The predicted molar refractivity (Wildman–Crippen MR) is 142 cm³/mol. The summed E-state index contributed by atoms with van der Waals surface area (Å²) in [7, 11) is 0. The van der Waals surface area contributed by atoms with Gasteiger partial charge in [0.05, 0.1) is 18.6 Å². The lowest BCUT2D eigenvalue weighted by atomic mass is 9.98. The molecule has 8 nitrogen and oxygen atoms in total. The van der Waals surface area contributed by atoms with E-state index in [-0.39, 0.29) is 25.7 Å². The van der Waals surface area contributed by atoms with Crippen LogP contribution in [0.5, 0.6) is 0 Å². The van der Waals surface area contributed by atoms with Gasteiger partial charge in [-0.15, -0.1) is 0 Å². The smallest absolute Gasteiger partial charge is 0.407 e. The lowest BCUT2D eigenvalue weighted by Gasteiger charge is -2.25. The Labute approximate surface area is 222 Å². The van der Waals surface area contributed by atoms with Gasteiger partial charge in [0.25, 0.3) is 0 Å². The molecule has 3 atom stereocenters. The highest BCUT2D eigenvalue weighted by Gasteiger charge is 2.32. The third-order valence-electron chi connectivity index (χ3n) is 6.73. The van der Waals surface area contributed by atoms with Crippen LogP contribution in [0, 0.1) is 5.92 Å². The minimum Gasteiger partial charge on any atom is -0.481 e. The van der Waals surface area contributed by atoms with Crippen molar-refractivity contribution in [2.45, 2.75) is 38.5 Å². The van der Waals surface area contributed by atoms with Crippen LogP contribution in [0.3, 0.4) is 0 Å². The molecule has 38 heavy (non-hydrogen) atoms. The van der Waals surface area contributed by atoms with E-state index < -0.39 is 36.0 Å². The lowest BCUT2D eigenvalue weighted by molar-refractivity contribution is -0.141. The van der Waals surface area contributed by atoms with Crippen molar-refractivity contribution in [2.75, 3.05) is 13.2 Å². The van der Waals surface area contributed by atoms with Gasteiger partial charge in [0.15, 0.2) is 0 Å². The first-order valence-electron chi connectivity index (χ1n) is 12.6. The predicted octanol–water partition coefficient (Wildman–Crippen LogP) is 4.34. The van der Waals surface area contributed by atoms with Crippen molar-refractivity contribution in [1.82, 2.24) is 10.6 Å². The number of carboxylic acids is 1. The Morgan fingerprint density at radius 3 is 2.05 bits per heavy atom. The number of amides is 2. The Kier molecular flexibility index (Phi) is 8.76. The van der Waals surface area contributed by atoms with E-state index in [1.807, 2.05) is 66.7 Å². The Morgan fingerprint density at radius 2 is 1.45 bits per heavy atom. The number of carboxylic acid groups (broad SMARTS) is 1. The Balaban J connectivity index is 1.42. The van der Waals surface area contributed by atoms with Gasteiger partial charge in [0.2, 0.25) is 5.91 Å². The Hall–Kier alpha value is -4.17. The van der Waals surface area contributed by atoms with Crippen LogP contribution in [0.15, 0.2) is 78.9 Å². The maximum absolute atomic E-state index is 13.0. The van der Waals surface area contributed by atoms with Gasteiger partial charge in [-0.2, -0.15) is 0 Å². The van der Waals surface area contributed by atoms with Crippen LogP contribution in [-0.2, 0) is 25.7 Å². The number of carbonyl (C=O) groups is 3. The highest BCUT2D eigenvalue weighted by atomic mass is 16.5. The van der Waals surface area contributed by atoms with Crippen LogP contribution in [0.25, 0.3) is 11.1 Å². The van der Waals surface area contributed by atoms with Crippen molar-refractivity contribution in [3.63, 3.8) is 0 Å². The molecule has 2 amide bonds. The van der Waals surface area contributed by atoms with Crippen molar-refractivity contribution in [3.8, 4) is 11.1 Å². The zero-order valence-corrected chi connectivity index (χ0v) is 21.4. The largest absolute Gasteiger partial charge is 0.481 e. The van der Waals surface area contributed by atoms with E-state index in [2.05, 4.69) is 22.8 Å².